The highest BCUT2D eigenvalue weighted by Crippen LogP contribution is 2.42. The number of aryl methyl sites for hydroxylation is 2. The van der Waals surface area contributed by atoms with Crippen LogP contribution in [-0.4, -0.2) is 16.6 Å². The third-order valence-electron chi connectivity index (χ3n) is 4.87. The molecular formula is C19H20N2O2. The molecule has 0 saturated heterocycles. The molecule has 0 N–H and O–H groups in total. The number of furan rings is 1. The number of fused-ring (bicyclic) bond motifs is 3. The topological polar surface area (TPSA) is 45.8 Å². The first kappa shape index (κ1) is 14.2. The van der Waals surface area contributed by atoms with Crippen molar-refractivity contribution in [1.82, 2.24) is 5.01 Å². The Morgan fingerprint density at radius 2 is 2.22 bits per heavy atom. The zero-order valence-corrected chi connectivity index (χ0v) is 13.5. The van der Waals surface area contributed by atoms with Crippen molar-refractivity contribution in [3.05, 3.63) is 59.0 Å². The summed E-state index contributed by atoms with van der Waals surface area (Å²) < 4.78 is 5.63. The zero-order valence-electron chi connectivity index (χ0n) is 13.5. The summed E-state index contributed by atoms with van der Waals surface area (Å²) in [6, 6.07) is 10.3. The predicted octanol–water partition coefficient (Wildman–Crippen LogP) is 3.85. The largest absolute Gasteiger partial charge is 0.467 e. The first-order valence-electron chi connectivity index (χ1n) is 8.17. The smallest absolute Gasteiger partial charge is 0.240 e. The van der Waals surface area contributed by atoms with Crippen LogP contribution in [0.1, 0.15) is 48.3 Å². The van der Waals surface area contributed by atoms with Gasteiger partial charge in [-0.25, -0.2) is 5.01 Å². The lowest BCUT2D eigenvalue weighted by atomic mass is 9.87. The second-order valence-corrected chi connectivity index (χ2v) is 6.47. The Kier molecular flexibility index (Phi) is 3.33. The summed E-state index contributed by atoms with van der Waals surface area (Å²) in [5.41, 5.74) is 4.80. The minimum atomic E-state index is -0.121. The zero-order chi connectivity index (χ0) is 16.0. The SMILES string of the molecule is CC(=O)N1N=C2c3cc(C)ccc3CCC[C@H]2[C@H]1c1ccco1. The summed E-state index contributed by atoms with van der Waals surface area (Å²) in [6.45, 7) is 3.67. The number of amides is 1. The minimum Gasteiger partial charge on any atom is -0.467 e. The van der Waals surface area contributed by atoms with E-state index >= 15 is 0 Å². The number of hydrazone groups is 1. The first-order valence-corrected chi connectivity index (χ1v) is 8.17. The quantitative estimate of drug-likeness (QED) is 0.803. The molecule has 2 aromatic rings. The third kappa shape index (κ3) is 2.29. The molecule has 0 unspecified atom stereocenters. The lowest BCUT2D eigenvalue weighted by Crippen LogP contribution is -2.28. The van der Waals surface area contributed by atoms with E-state index in [0.717, 1.165) is 30.7 Å². The molecule has 4 heteroatoms. The van der Waals surface area contributed by atoms with Gasteiger partial charge in [-0.1, -0.05) is 17.7 Å². The van der Waals surface area contributed by atoms with E-state index in [9.17, 15) is 4.79 Å². The Morgan fingerprint density at radius 3 is 2.96 bits per heavy atom. The Bertz CT molecular complexity index is 777. The van der Waals surface area contributed by atoms with E-state index in [1.54, 1.807) is 18.2 Å². The van der Waals surface area contributed by atoms with Crippen molar-refractivity contribution >= 4 is 11.6 Å². The van der Waals surface area contributed by atoms with Gasteiger partial charge in [-0.05, 0) is 49.9 Å². The summed E-state index contributed by atoms with van der Waals surface area (Å²) in [7, 11) is 0. The monoisotopic (exact) mass is 308 g/mol. The van der Waals surface area contributed by atoms with Crippen LogP contribution in [0.15, 0.2) is 46.1 Å². The van der Waals surface area contributed by atoms with E-state index in [1.165, 1.54) is 16.7 Å². The second-order valence-electron chi connectivity index (χ2n) is 6.47. The van der Waals surface area contributed by atoms with Crippen LogP contribution in [0.5, 0.6) is 0 Å². The fourth-order valence-corrected chi connectivity index (χ4v) is 3.82. The van der Waals surface area contributed by atoms with Gasteiger partial charge in [-0.2, -0.15) is 5.10 Å². The number of nitrogens with zero attached hydrogens (tertiary/aromatic N) is 2. The van der Waals surface area contributed by atoms with Crippen molar-refractivity contribution in [1.29, 1.82) is 0 Å². The molecule has 2 aliphatic rings. The van der Waals surface area contributed by atoms with Crippen molar-refractivity contribution in [2.24, 2.45) is 11.0 Å². The lowest BCUT2D eigenvalue weighted by molar-refractivity contribution is -0.131. The molecule has 1 aliphatic heterocycles. The third-order valence-corrected chi connectivity index (χ3v) is 4.87. The van der Waals surface area contributed by atoms with E-state index in [2.05, 4.69) is 25.1 Å². The van der Waals surface area contributed by atoms with Gasteiger partial charge < -0.3 is 4.42 Å². The van der Waals surface area contributed by atoms with Gasteiger partial charge in [0.25, 0.3) is 0 Å². The molecule has 0 bridgehead atoms. The molecule has 2 heterocycles. The average Bonchev–Trinajstić information content (AvgIpc) is 3.12. The standard InChI is InChI=1S/C19H20N2O2/c1-12-8-9-14-5-3-6-15-18(16(14)11-12)20-21(13(2)22)19(15)17-7-4-10-23-17/h4,7-11,15,19H,3,5-6H2,1-2H3/t15-,19+/m1/s1. The predicted molar refractivity (Wildman–Crippen MR) is 88.1 cm³/mol. The summed E-state index contributed by atoms with van der Waals surface area (Å²) in [4.78, 5) is 12.1. The molecule has 0 radical (unpaired) electrons. The average molecular weight is 308 g/mol. The lowest BCUT2D eigenvalue weighted by Gasteiger charge is -2.23. The van der Waals surface area contributed by atoms with Crippen molar-refractivity contribution in [3.8, 4) is 0 Å². The summed E-state index contributed by atoms with van der Waals surface area (Å²) in [6.07, 6.45) is 4.85. The Balaban J connectivity index is 1.85. The number of carbonyl (C=O) groups excluding carboxylic acids is 1. The van der Waals surface area contributed by atoms with Crippen LogP contribution in [0.25, 0.3) is 0 Å². The molecule has 0 spiro atoms. The maximum Gasteiger partial charge on any atom is 0.240 e. The van der Waals surface area contributed by atoms with Crippen LogP contribution >= 0.6 is 0 Å². The van der Waals surface area contributed by atoms with Crippen LogP contribution in [-0.2, 0) is 11.2 Å². The first-order chi connectivity index (χ1) is 11.1. The summed E-state index contributed by atoms with van der Waals surface area (Å²) in [5.74, 6) is 0.981. The van der Waals surface area contributed by atoms with Gasteiger partial charge in [0.15, 0.2) is 0 Å². The summed E-state index contributed by atoms with van der Waals surface area (Å²) >= 11 is 0. The fourth-order valence-electron chi connectivity index (χ4n) is 3.82. The van der Waals surface area contributed by atoms with Gasteiger partial charge in [0, 0.05) is 18.4 Å². The van der Waals surface area contributed by atoms with E-state index < -0.39 is 0 Å². The number of carbonyl (C=O) groups is 1. The molecule has 4 rings (SSSR count). The molecule has 2 atom stereocenters. The number of hydrogen-bond donors (Lipinski definition) is 0. The number of hydrogen-bond acceptors (Lipinski definition) is 3. The van der Waals surface area contributed by atoms with Gasteiger partial charge >= 0.3 is 0 Å². The highest BCUT2D eigenvalue weighted by molar-refractivity contribution is 6.06. The van der Waals surface area contributed by atoms with Crippen LogP contribution in [0.2, 0.25) is 0 Å². The molecular weight excluding hydrogens is 288 g/mol. The maximum atomic E-state index is 12.1. The van der Waals surface area contributed by atoms with Crippen LogP contribution in [0.4, 0.5) is 0 Å². The van der Waals surface area contributed by atoms with Crippen molar-refractivity contribution in [2.45, 2.75) is 39.2 Å². The highest BCUT2D eigenvalue weighted by Gasteiger charge is 2.43. The Morgan fingerprint density at radius 1 is 1.35 bits per heavy atom. The molecule has 1 aliphatic carbocycles. The highest BCUT2D eigenvalue weighted by atomic mass is 16.3. The fraction of sp³-hybridized carbons (Fsp3) is 0.368. The van der Waals surface area contributed by atoms with E-state index in [0.29, 0.717) is 0 Å². The van der Waals surface area contributed by atoms with Gasteiger partial charge in [0.1, 0.15) is 11.8 Å². The van der Waals surface area contributed by atoms with Crippen molar-refractivity contribution in [3.63, 3.8) is 0 Å². The molecule has 0 saturated carbocycles. The van der Waals surface area contributed by atoms with E-state index in [1.807, 2.05) is 12.1 Å². The molecule has 23 heavy (non-hydrogen) atoms. The Labute approximate surface area is 135 Å². The van der Waals surface area contributed by atoms with E-state index in [4.69, 9.17) is 9.52 Å². The molecule has 4 nitrogen and oxygen atoms in total. The number of rotatable bonds is 1. The molecule has 1 amide bonds. The van der Waals surface area contributed by atoms with Crippen molar-refractivity contribution in [2.75, 3.05) is 0 Å². The van der Waals surface area contributed by atoms with Crippen LogP contribution < -0.4 is 0 Å². The normalized spacial score (nSPS) is 23.0. The molecule has 1 aromatic heterocycles. The maximum absolute atomic E-state index is 12.1. The van der Waals surface area contributed by atoms with Gasteiger partial charge in [0.2, 0.25) is 5.91 Å². The Hall–Kier alpha value is -2.36. The number of benzene rings is 1. The molecule has 0 fully saturated rings. The van der Waals surface area contributed by atoms with Gasteiger partial charge in [-0.3, -0.25) is 4.79 Å². The molecule has 1 aromatic carbocycles. The van der Waals surface area contributed by atoms with Crippen LogP contribution in [0.3, 0.4) is 0 Å². The van der Waals surface area contributed by atoms with Gasteiger partial charge in [-0.15, -0.1) is 0 Å². The van der Waals surface area contributed by atoms with E-state index in [-0.39, 0.29) is 17.9 Å². The van der Waals surface area contributed by atoms with Crippen LogP contribution in [0, 0.1) is 12.8 Å². The summed E-state index contributed by atoms with van der Waals surface area (Å²) in [5, 5.41) is 6.34. The van der Waals surface area contributed by atoms with Gasteiger partial charge in [0.05, 0.1) is 12.0 Å². The second kappa shape index (κ2) is 5.37. The molecule has 118 valence electrons. The van der Waals surface area contributed by atoms with Crippen molar-refractivity contribution < 1.29 is 9.21 Å². The minimum absolute atomic E-state index is 0.0406.